The molecule has 5 nitrogen and oxygen atoms in total. The zero-order chi connectivity index (χ0) is 20.7. The summed E-state index contributed by atoms with van der Waals surface area (Å²) in [6.45, 7) is 1.28. The lowest BCUT2D eigenvalue weighted by Crippen LogP contribution is -2.22. The molecule has 0 saturated carbocycles. The number of hydrogen-bond acceptors (Lipinski definition) is 3. The van der Waals surface area contributed by atoms with Gasteiger partial charge in [-0.15, -0.1) is 0 Å². The fourth-order valence-corrected chi connectivity index (χ4v) is 3.96. The molecule has 29 heavy (non-hydrogen) atoms. The summed E-state index contributed by atoms with van der Waals surface area (Å²) in [7, 11) is 0. The molecule has 0 spiro atoms. The summed E-state index contributed by atoms with van der Waals surface area (Å²) < 4.78 is 30.5. The summed E-state index contributed by atoms with van der Waals surface area (Å²) in [6, 6.07) is 6.83. The van der Waals surface area contributed by atoms with Crippen LogP contribution in [0.5, 0.6) is 0 Å². The van der Waals surface area contributed by atoms with Crippen molar-refractivity contribution in [2.75, 3.05) is 18.0 Å². The monoisotopic (exact) mass is 418 g/mol. The standard InChI is InChI=1S/C21H17ClF2N2O3/c22-15-4-3-5-16(23)13(15)10-26-11-14(21(28)29)20(27)12-8-17(24)19(9-18(12)26)25-6-1-2-7-25/h3-5,8-9,11H,1-2,6-7,10H2,(H,28,29). The second-order valence-corrected chi connectivity index (χ2v) is 7.43. The van der Waals surface area contributed by atoms with Crippen molar-refractivity contribution in [1.29, 1.82) is 0 Å². The lowest BCUT2D eigenvalue weighted by Gasteiger charge is -2.21. The number of carbonyl (C=O) groups is 1. The lowest BCUT2D eigenvalue weighted by molar-refractivity contribution is 0.0695. The average Bonchev–Trinajstić information content (AvgIpc) is 3.20. The molecule has 0 unspecified atom stereocenters. The molecule has 1 N–H and O–H groups in total. The minimum Gasteiger partial charge on any atom is -0.477 e. The molecule has 3 aromatic rings. The van der Waals surface area contributed by atoms with Gasteiger partial charge in [0.25, 0.3) is 0 Å². The van der Waals surface area contributed by atoms with Crippen molar-refractivity contribution in [3.63, 3.8) is 0 Å². The first kappa shape index (κ1) is 19.4. The molecule has 0 atom stereocenters. The minimum absolute atomic E-state index is 0.0715. The maximum absolute atomic E-state index is 14.8. The van der Waals surface area contributed by atoms with Crippen LogP contribution in [0.15, 0.2) is 41.3 Å². The van der Waals surface area contributed by atoms with Gasteiger partial charge >= 0.3 is 5.97 Å². The van der Waals surface area contributed by atoms with Gasteiger partial charge in [0.05, 0.1) is 17.7 Å². The van der Waals surface area contributed by atoms with Crippen LogP contribution < -0.4 is 10.3 Å². The maximum Gasteiger partial charge on any atom is 0.341 e. The fraction of sp³-hybridized carbons (Fsp3) is 0.238. The Hall–Kier alpha value is -2.93. The Morgan fingerprint density at radius 1 is 1.14 bits per heavy atom. The van der Waals surface area contributed by atoms with Crippen molar-refractivity contribution < 1.29 is 18.7 Å². The number of halogens is 3. The van der Waals surface area contributed by atoms with Crippen LogP contribution in [0, 0.1) is 11.6 Å². The SMILES string of the molecule is O=C(O)c1cn(Cc2c(F)cccc2Cl)c2cc(N3CCCC3)c(F)cc2c1=O. The molecule has 0 aliphatic carbocycles. The van der Waals surface area contributed by atoms with E-state index in [9.17, 15) is 23.5 Å². The van der Waals surface area contributed by atoms with Crippen LogP contribution in [0.4, 0.5) is 14.5 Å². The summed E-state index contributed by atoms with van der Waals surface area (Å²) in [6.07, 6.45) is 3.03. The van der Waals surface area contributed by atoms with Gasteiger partial charge in [0.1, 0.15) is 17.2 Å². The first-order chi connectivity index (χ1) is 13.9. The summed E-state index contributed by atoms with van der Waals surface area (Å²) in [5, 5.41) is 9.51. The number of carboxylic acid groups (broad SMARTS) is 1. The second kappa shape index (κ2) is 7.48. The van der Waals surface area contributed by atoms with Gasteiger partial charge in [-0.25, -0.2) is 13.6 Å². The highest BCUT2D eigenvalue weighted by Crippen LogP contribution is 2.29. The van der Waals surface area contributed by atoms with Gasteiger partial charge in [-0.2, -0.15) is 0 Å². The molecule has 1 aromatic heterocycles. The van der Waals surface area contributed by atoms with Crippen molar-refractivity contribution >= 4 is 34.2 Å². The van der Waals surface area contributed by atoms with Crippen LogP contribution >= 0.6 is 11.6 Å². The van der Waals surface area contributed by atoms with Gasteiger partial charge in [0.15, 0.2) is 0 Å². The lowest BCUT2D eigenvalue weighted by atomic mass is 10.1. The summed E-state index contributed by atoms with van der Waals surface area (Å²) in [5.41, 5.74) is -0.482. The van der Waals surface area contributed by atoms with Crippen LogP contribution in [0.1, 0.15) is 28.8 Å². The van der Waals surface area contributed by atoms with Gasteiger partial charge in [-0.3, -0.25) is 4.79 Å². The maximum atomic E-state index is 14.8. The number of carboxylic acids is 1. The molecule has 2 heterocycles. The normalized spacial score (nSPS) is 14.0. The predicted octanol–water partition coefficient (Wildman–Crippen LogP) is 4.28. The van der Waals surface area contributed by atoms with E-state index in [1.54, 1.807) is 0 Å². The Morgan fingerprint density at radius 3 is 2.52 bits per heavy atom. The van der Waals surface area contributed by atoms with E-state index in [-0.39, 0.29) is 22.5 Å². The molecule has 4 rings (SSSR count). The third-order valence-corrected chi connectivity index (χ3v) is 5.57. The summed E-state index contributed by atoms with van der Waals surface area (Å²) >= 11 is 6.12. The number of pyridine rings is 1. The molecule has 0 radical (unpaired) electrons. The van der Waals surface area contributed by atoms with Gasteiger partial charge in [-0.05, 0) is 37.1 Å². The van der Waals surface area contributed by atoms with Crippen molar-refractivity contribution in [3.8, 4) is 0 Å². The Labute approximate surface area is 169 Å². The highest BCUT2D eigenvalue weighted by atomic mass is 35.5. The Bertz CT molecular complexity index is 1170. The van der Waals surface area contributed by atoms with E-state index in [2.05, 4.69) is 0 Å². The molecular formula is C21H17ClF2N2O3. The van der Waals surface area contributed by atoms with E-state index >= 15 is 0 Å². The van der Waals surface area contributed by atoms with Crippen LogP contribution in [0.2, 0.25) is 5.02 Å². The molecule has 1 fully saturated rings. The average molecular weight is 419 g/mol. The van der Waals surface area contributed by atoms with Crippen molar-refractivity contribution in [2.45, 2.75) is 19.4 Å². The molecule has 1 aliphatic rings. The smallest absolute Gasteiger partial charge is 0.341 e. The third kappa shape index (κ3) is 3.46. The highest BCUT2D eigenvalue weighted by Gasteiger charge is 2.21. The van der Waals surface area contributed by atoms with E-state index < -0.39 is 28.6 Å². The Balaban J connectivity index is 1.97. The van der Waals surface area contributed by atoms with E-state index in [0.717, 1.165) is 25.1 Å². The fourth-order valence-electron chi connectivity index (χ4n) is 3.74. The zero-order valence-electron chi connectivity index (χ0n) is 15.3. The molecule has 2 aromatic carbocycles. The number of benzene rings is 2. The molecule has 1 aliphatic heterocycles. The first-order valence-corrected chi connectivity index (χ1v) is 9.52. The van der Waals surface area contributed by atoms with Gasteiger partial charge < -0.3 is 14.6 Å². The summed E-state index contributed by atoms with van der Waals surface area (Å²) in [4.78, 5) is 26.0. The van der Waals surface area contributed by atoms with Crippen LogP contribution in [-0.2, 0) is 6.54 Å². The van der Waals surface area contributed by atoms with Crippen molar-refractivity contribution in [1.82, 2.24) is 4.57 Å². The minimum atomic E-state index is -1.44. The quantitative estimate of drug-likeness (QED) is 0.687. The van der Waals surface area contributed by atoms with E-state index in [1.807, 2.05) is 4.90 Å². The van der Waals surface area contributed by atoms with Gasteiger partial charge in [0, 0.05) is 35.3 Å². The van der Waals surface area contributed by atoms with Gasteiger partial charge in [0.2, 0.25) is 5.43 Å². The number of rotatable bonds is 4. The predicted molar refractivity (Wildman–Crippen MR) is 107 cm³/mol. The molecule has 8 heteroatoms. The summed E-state index contributed by atoms with van der Waals surface area (Å²) in [5.74, 6) is -2.58. The number of hydrogen-bond donors (Lipinski definition) is 1. The highest BCUT2D eigenvalue weighted by molar-refractivity contribution is 6.31. The van der Waals surface area contributed by atoms with Crippen molar-refractivity contribution in [2.24, 2.45) is 0 Å². The van der Waals surface area contributed by atoms with E-state index in [0.29, 0.717) is 24.3 Å². The van der Waals surface area contributed by atoms with Gasteiger partial charge in [-0.1, -0.05) is 17.7 Å². The largest absolute Gasteiger partial charge is 0.477 e. The molecular weight excluding hydrogens is 402 g/mol. The van der Waals surface area contributed by atoms with Crippen molar-refractivity contribution in [3.05, 3.63) is 74.5 Å². The topological polar surface area (TPSA) is 62.5 Å². The van der Waals surface area contributed by atoms with Crippen LogP contribution in [0.25, 0.3) is 10.9 Å². The number of nitrogens with zero attached hydrogens (tertiary/aromatic N) is 2. The molecule has 0 amide bonds. The Morgan fingerprint density at radius 2 is 1.86 bits per heavy atom. The number of fused-ring (bicyclic) bond motifs is 1. The van der Waals surface area contributed by atoms with E-state index in [4.69, 9.17) is 11.6 Å². The van der Waals surface area contributed by atoms with Crippen LogP contribution in [-0.4, -0.2) is 28.7 Å². The number of anilines is 1. The number of aromatic nitrogens is 1. The number of aromatic carboxylic acids is 1. The second-order valence-electron chi connectivity index (χ2n) is 7.02. The molecule has 0 bridgehead atoms. The first-order valence-electron chi connectivity index (χ1n) is 9.14. The molecule has 1 saturated heterocycles. The Kier molecular flexibility index (Phi) is 5.00. The van der Waals surface area contributed by atoms with Crippen LogP contribution in [0.3, 0.4) is 0 Å². The van der Waals surface area contributed by atoms with E-state index in [1.165, 1.54) is 28.8 Å². The third-order valence-electron chi connectivity index (χ3n) is 5.22. The molecule has 150 valence electrons. The zero-order valence-corrected chi connectivity index (χ0v) is 16.0.